The normalized spacial score (nSPS) is 13.5. The molecule has 2 heterocycles. The average Bonchev–Trinajstić information content (AvgIpc) is 3.18. The molecule has 7 heteroatoms. The van der Waals surface area contributed by atoms with Crippen molar-refractivity contribution in [3.05, 3.63) is 69.9 Å². The zero-order valence-corrected chi connectivity index (χ0v) is 16.4. The monoisotopic (exact) mass is 418 g/mol. The zero-order chi connectivity index (χ0) is 19.7. The molecular formula is C21H17Cl2FN2O2. The fourth-order valence-corrected chi connectivity index (χ4v) is 3.92. The van der Waals surface area contributed by atoms with Gasteiger partial charge in [0.05, 0.1) is 16.9 Å². The molecule has 1 aliphatic heterocycles. The van der Waals surface area contributed by atoms with Crippen molar-refractivity contribution in [3.8, 4) is 11.3 Å². The summed E-state index contributed by atoms with van der Waals surface area (Å²) in [6.07, 6.45) is 3.48. The highest BCUT2D eigenvalue weighted by Gasteiger charge is 2.27. The predicted octanol–water partition coefficient (Wildman–Crippen LogP) is 5.70. The van der Waals surface area contributed by atoms with Gasteiger partial charge in [-0.25, -0.2) is 9.37 Å². The second kappa shape index (κ2) is 7.94. The third-order valence-electron chi connectivity index (χ3n) is 4.80. The second-order valence-electron chi connectivity index (χ2n) is 6.60. The number of hydrogen-bond acceptors (Lipinski definition) is 3. The van der Waals surface area contributed by atoms with Gasteiger partial charge in [0, 0.05) is 30.0 Å². The van der Waals surface area contributed by atoms with E-state index < -0.39 is 5.82 Å². The molecule has 144 valence electrons. The minimum atomic E-state index is -0.426. The van der Waals surface area contributed by atoms with E-state index in [2.05, 4.69) is 4.98 Å². The summed E-state index contributed by atoms with van der Waals surface area (Å²) in [7, 11) is 0. The number of carbonyl (C=O) groups is 1. The van der Waals surface area contributed by atoms with E-state index in [-0.39, 0.29) is 12.3 Å². The lowest BCUT2D eigenvalue weighted by Crippen LogP contribution is -2.36. The average molecular weight is 419 g/mol. The minimum absolute atomic E-state index is 0.161. The highest BCUT2D eigenvalue weighted by molar-refractivity contribution is 6.33. The Balaban J connectivity index is 1.48. The molecule has 0 radical (unpaired) electrons. The summed E-state index contributed by atoms with van der Waals surface area (Å²) >= 11 is 12.4. The summed E-state index contributed by atoms with van der Waals surface area (Å²) in [5, 5.41) is 1.06. The number of fused-ring (bicyclic) bond motifs is 1. The molecule has 4 nitrogen and oxygen atoms in total. The second-order valence-corrected chi connectivity index (χ2v) is 7.42. The summed E-state index contributed by atoms with van der Waals surface area (Å²) in [4.78, 5) is 18.5. The van der Waals surface area contributed by atoms with E-state index in [9.17, 15) is 9.18 Å². The highest BCUT2D eigenvalue weighted by Crippen LogP contribution is 2.35. The molecule has 1 amide bonds. The summed E-state index contributed by atoms with van der Waals surface area (Å²) in [6.45, 7) is 0.472. The molecule has 0 unspecified atom stereocenters. The fraction of sp³-hybridized carbons (Fsp3) is 0.238. The van der Waals surface area contributed by atoms with E-state index in [1.54, 1.807) is 12.3 Å². The van der Waals surface area contributed by atoms with Crippen LogP contribution in [0.5, 0.6) is 0 Å². The van der Waals surface area contributed by atoms with Crippen LogP contribution in [0.3, 0.4) is 0 Å². The van der Waals surface area contributed by atoms with Gasteiger partial charge in [-0.05, 0) is 42.7 Å². The highest BCUT2D eigenvalue weighted by atomic mass is 35.5. The number of hydrogen-bond donors (Lipinski definition) is 0. The third-order valence-corrected chi connectivity index (χ3v) is 5.49. The van der Waals surface area contributed by atoms with Crippen molar-refractivity contribution >= 4 is 34.8 Å². The molecule has 2 aromatic carbocycles. The first-order valence-corrected chi connectivity index (χ1v) is 9.77. The van der Waals surface area contributed by atoms with Gasteiger partial charge in [-0.2, -0.15) is 0 Å². The Kier molecular flexibility index (Phi) is 5.38. The van der Waals surface area contributed by atoms with Crippen molar-refractivity contribution in [1.29, 1.82) is 0 Å². The van der Waals surface area contributed by atoms with Crippen LogP contribution in [0, 0.1) is 5.82 Å². The third kappa shape index (κ3) is 3.64. The van der Waals surface area contributed by atoms with E-state index in [4.69, 9.17) is 27.6 Å². The van der Waals surface area contributed by atoms with Crippen LogP contribution in [0.4, 0.5) is 10.1 Å². The van der Waals surface area contributed by atoms with Gasteiger partial charge in [-0.3, -0.25) is 4.79 Å². The van der Waals surface area contributed by atoms with E-state index in [1.165, 1.54) is 17.0 Å². The largest absolute Gasteiger partial charge is 0.441 e. The summed E-state index contributed by atoms with van der Waals surface area (Å²) in [5.74, 6) is 0.380. The predicted molar refractivity (Wildman–Crippen MR) is 107 cm³/mol. The number of oxazole rings is 1. The number of carbonyl (C=O) groups excluding carboxylic acids is 1. The number of amides is 1. The lowest BCUT2D eigenvalue weighted by molar-refractivity contribution is -0.118. The van der Waals surface area contributed by atoms with Crippen LogP contribution < -0.4 is 4.90 Å². The molecule has 0 bridgehead atoms. The standard InChI is InChI=1S/C21H17Cl2FN2O2/c22-15-6-2-1-4-13(15)18-12-25-19(28-18)9-10-20(27)26-11-3-5-14-16(23)7-8-17(24)21(14)26/h1-2,4,6-8,12H,3,5,9-11H2. The Bertz CT molecular complexity index is 1030. The number of aromatic nitrogens is 1. The van der Waals surface area contributed by atoms with Crippen LogP contribution in [0.25, 0.3) is 11.3 Å². The van der Waals surface area contributed by atoms with E-state index in [1.807, 2.05) is 18.2 Å². The molecule has 0 N–H and O–H groups in total. The molecule has 1 aromatic heterocycles. The smallest absolute Gasteiger partial charge is 0.227 e. The number of benzene rings is 2. The van der Waals surface area contributed by atoms with Gasteiger partial charge < -0.3 is 9.32 Å². The Morgan fingerprint density at radius 1 is 1.18 bits per heavy atom. The molecule has 0 saturated carbocycles. The van der Waals surface area contributed by atoms with Crippen molar-refractivity contribution in [2.24, 2.45) is 0 Å². The molecule has 0 saturated heterocycles. The zero-order valence-electron chi connectivity index (χ0n) is 14.9. The van der Waals surface area contributed by atoms with Crippen molar-refractivity contribution in [3.63, 3.8) is 0 Å². The molecule has 1 aliphatic rings. The number of nitrogens with zero attached hydrogens (tertiary/aromatic N) is 2. The van der Waals surface area contributed by atoms with Crippen LogP contribution in [-0.2, 0) is 17.6 Å². The maximum Gasteiger partial charge on any atom is 0.227 e. The lowest BCUT2D eigenvalue weighted by Gasteiger charge is -2.30. The van der Waals surface area contributed by atoms with E-state index in [0.29, 0.717) is 52.3 Å². The molecule has 4 rings (SSSR count). The van der Waals surface area contributed by atoms with Gasteiger partial charge in [0.25, 0.3) is 0 Å². The fourth-order valence-electron chi connectivity index (χ4n) is 3.45. The molecule has 3 aromatic rings. The number of anilines is 1. The van der Waals surface area contributed by atoms with Gasteiger partial charge in [-0.15, -0.1) is 0 Å². The van der Waals surface area contributed by atoms with E-state index >= 15 is 0 Å². The summed E-state index contributed by atoms with van der Waals surface area (Å²) < 4.78 is 20.1. The molecule has 28 heavy (non-hydrogen) atoms. The Morgan fingerprint density at radius 3 is 2.82 bits per heavy atom. The van der Waals surface area contributed by atoms with E-state index in [0.717, 1.165) is 12.0 Å². The lowest BCUT2D eigenvalue weighted by atomic mass is 10.0. The molecular weight excluding hydrogens is 402 g/mol. The number of aryl methyl sites for hydroxylation is 1. The Labute approximate surface area is 171 Å². The van der Waals surface area contributed by atoms with Gasteiger partial charge >= 0.3 is 0 Å². The van der Waals surface area contributed by atoms with Crippen molar-refractivity contribution in [2.45, 2.75) is 25.7 Å². The maximum atomic E-state index is 14.4. The first-order valence-electron chi connectivity index (χ1n) is 9.01. The Morgan fingerprint density at radius 2 is 2.00 bits per heavy atom. The van der Waals surface area contributed by atoms with Gasteiger partial charge in [0.1, 0.15) is 5.82 Å². The van der Waals surface area contributed by atoms with Crippen molar-refractivity contribution in [1.82, 2.24) is 4.98 Å². The van der Waals surface area contributed by atoms with Crippen LogP contribution in [-0.4, -0.2) is 17.4 Å². The summed E-state index contributed by atoms with van der Waals surface area (Å²) in [6, 6.07) is 10.2. The van der Waals surface area contributed by atoms with Gasteiger partial charge in [0.2, 0.25) is 5.91 Å². The first kappa shape index (κ1) is 19.0. The van der Waals surface area contributed by atoms with Crippen molar-refractivity contribution in [2.75, 3.05) is 11.4 Å². The van der Waals surface area contributed by atoms with Gasteiger partial charge in [0.15, 0.2) is 11.7 Å². The quantitative estimate of drug-likeness (QED) is 0.545. The number of rotatable bonds is 4. The maximum absolute atomic E-state index is 14.4. The van der Waals surface area contributed by atoms with Gasteiger partial charge in [-0.1, -0.05) is 35.3 Å². The summed E-state index contributed by atoms with van der Waals surface area (Å²) in [5.41, 5.74) is 1.74. The minimum Gasteiger partial charge on any atom is -0.441 e. The molecule has 0 fully saturated rings. The molecule has 0 aliphatic carbocycles. The molecule has 0 spiro atoms. The van der Waals surface area contributed by atoms with Crippen LogP contribution >= 0.6 is 23.2 Å². The van der Waals surface area contributed by atoms with Crippen LogP contribution in [0.1, 0.15) is 24.3 Å². The van der Waals surface area contributed by atoms with Crippen LogP contribution in [0.15, 0.2) is 47.0 Å². The number of halogens is 3. The van der Waals surface area contributed by atoms with Crippen LogP contribution in [0.2, 0.25) is 10.0 Å². The SMILES string of the molecule is O=C(CCc1ncc(-c2ccccc2Cl)o1)N1CCCc2c(Cl)ccc(F)c21. The Hall–Kier alpha value is -2.37. The first-order chi connectivity index (χ1) is 13.5. The van der Waals surface area contributed by atoms with Crippen molar-refractivity contribution < 1.29 is 13.6 Å². The topological polar surface area (TPSA) is 46.3 Å². The molecule has 0 atom stereocenters.